The maximum Gasteiger partial charge on any atom is 0.410 e. The highest BCUT2D eigenvalue weighted by atomic mass is 16.6. The van der Waals surface area contributed by atoms with Crippen molar-refractivity contribution in [3.63, 3.8) is 0 Å². The van der Waals surface area contributed by atoms with E-state index in [1.165, 1.54) is 5.56 Å². The summed E-state index contributed by atoms with van der Waals surface area (Å²) in [6.45, 7) is 15.9. The fourth-order valence-corrected chi connectivity index (χ4v) is 9.53. The van der Waals surface area contributed by atoms with Gasteiger partial charge in [0, 0.05) is 99.7 Å². The van der Waals surface area contributed by atoms with Gasteiger partial charge in [0.2, 0.25) is 0 Å². The van der Waals surface area contributed by atoms with Gasteiger partial charge >= 0.3 is 6.09 Å². The number of rotatable bonds is 12. The lowest BCUT2D eigenvalue weighted by Gasteiger charge is -2.39. The summed E-state index contributed by atoms with van der Waals surface area (Å²) in [7, 11) is 0. The first-order valence-electron chi connectivity index (χ1n) is 24.3. The van der Waals surface area contributed by atoms with E-state index in [9.17, 15) is 14.4 Å². The van der Waals surface area contributed by atoms with Crippen LogP contribution in [0.4, 0.5) is 4.79 Å². The summed E-state index contributed by atoms with van der Waals surface area (Å²) < 4.78 is 32.1. The minimum absolute atomic E-state index is 0.0177. The third-order valence-electron chi connectivity index (χ3n) is 13.2. The molecule has 4 aliphatic heterocycles. The van der Waals surface area contributed by atoms with Gasteiger partial charge in [-0.1, -0.05) is 12.1 Å². The highest BCUT2D eigenvalue weighted by molar-refractivity contribution is 5.78. The lowest BCUT2D eigenvalue weighted by atomic mass is 10.0. The summed E-state index contributed by atoms with van der Waals surface area (Å²) in [4.78, 5) is 53.2. The molecule has 0 atom stereocenters. The first-order valence-corrected chi connectivity index (χ1v) is 24.3. The SMILES string of the molecule is CC(C)(C)OC(=O)N(Cc1ccc2c(c1)OCCO2)C1CCN(CCn2c(=O)ccc3ccncc32)CC1.O=c1ccc2ccncc2n1CCN1CCC(NCc2ccc3c(c2)OCCO3)CC1. The van der Waals surface area contributed by atoms with Gasteiger partial charge in [-0.3, -0.25) is 19.6 Å². The predicted molar refractivity (Wildman–Crippen MR) is 264 cm³/mol. The number of hydrogen-bond donors (Lipinski definition) is 1. The van der Waals surface area contributed by atoms with Crippen molar-refractivity contribution in [2.45, 2.75) is 90.3 Å². The second kappa shape index (κ2) is 21.9. The first-order chi connectivity index (χ1) is 33.5. The fourth-order valence-electron chi connectivity index (χ4n) is 9.53. The standard InChI is InChI=1S/C29H36N4O5.C24H28N4O3/c1-29(2,3)38-28(35)33(20-21-4-6-25-26(18-21)37-17-16-36-25)23-9-12-31(13-10-23)14-15-32-24-19-30-11-8-22(24)5-7-27(32)34;29-24-4-2-19-5-8-25-17-21(19)28(24)12-11-27-9-6-20(7-10-27)26-16-18-1-3-22-23(15-18)31-14-13-30-22/h4-8,11,18-19,23H,9-10,12-17,20H2,1-3H3;1-5,8,15,17,20,26H,6-7,9-14,16H2. The predicted octanol–water partition coefficient (Wildman–Crippen LogP) is 6.49. The molecule has 16 heteroatoms. The van der Waals surface area contributed by atoms with Crippen LogP contribution in [0.5, 0.6) is 23.0 Å². The van der Waals surface area contributed by atoms with Crippen molar-refractivity contribution in [1.29, 1.82) is 0 Å². The highest BCUT2D eigenvalue weighted by Gasteiger charge is 2.32. The van der Waals surface area contributed by atoms with Crippen LogP contribution in [0.3, 0.4) is 0 Å². The number of nitrogens with zero attached hydrogens (tertiary/aromatic N) is 7. The third-order valence-corrected chi connectivity index (χ3v) is 13.2. The summed E-state index contributed by atoms with van der Waals surface area (Å²) >= 11 is 0. The van der Waals surface area contributed by atoms with E-state index < -0.39 is 5.60 Å². The molecule has 2 saturated heterocycles. The van der Waals surface area contributed by atoms with Crippen molar-refractivity contribution in [3.05, 3.63) is 129 Å². The number of carbonyl (C=O) groups excluding carboxylic acids is 1. The molecule has 0 radical (unpaired) electrons. The second-order valence-corrected chi connectivity index (χ2v) is 19.1. The average molecular weight is 941 g/mol. The van der Waals surface area contributed by atoms with Crippen LogP contribution >= 0.6 is 0 Å². The van der Waals surface area contributed by atoms with Crippen LogP contribution < -0.4 is 35.4 Å². The fraction of sp³-hybridized carbons (Fsp3) is 0.453. The second-order valence-electron chi connectivity index (χ2n) is 19.1. The van der Waals surface area contributed by atoms with Crippen molar-refractivity contribution < 1.29 is 28.5 Å². The van der Waals surface area contributed by atoms with Crippen LogP contribution in [-0.2, 0) is 30.9 Å². The zero-order chi connectivity index (χ0) is 47.7. The van der Waals surface area contributed by atoms with Crippen LogP contribution in [0, 0.1) is 0 Å². The minimum atomic E-state index is -0.580. The Morgan fingerprint density at radius 1 is 0.638 bits per heavy atom. The Labute approximate surface area is 402 Å². The van der Waals surface area contributed by atoms with Gasteiger partial charge < -0.3 is 52.8 Å². The molecule has 6 aromatic rings. The molecule has 2 aromatic carbocycles. The van der Waals surface area contributed by atoms with Crippen LogP contribution in [0.25, 0.3) is 21.8 Å². The molecule has 2 fully saturated rings. The van der Waals surface area contributed by atoms with E-state index in [0.29, 0.717) is 57.9 Å². The molecular weight excluding hydrogens is 877 g/mol. The number of nitrogens with one attached hydrogen (secondary N) is 1. The van der Waals surface area contributed by atoms with Gasteiger partial charge in [-0.05, 0) is 119 Å². The molecule has 4 aromatic heterocycles. The highest BCUT2D eigenvalue weighted by Crippen LogP contribution is 2.33. The molecule has 364 valence electrons. The Morgan fingerprint density at radius 2 is 1.13 bits per heavy atom. The number of carbonyl (C=O) groups is 1. The summed E-state index contributed by atoms with van der Waals surface area (Å²) in [5, 5.41) is 5.74. The van der Waals surface area contributed by atoms with E-state index >= 15 is 0 Å². The molecule has 4 aliphatic rings. The van der Waals surface area contributed by atoms with Crippen LogP contribution in [0.2, 0.25) is 0 Å². The molecule has 0 bridgehead atoms. The largest absolute Gasteiger partial charge is 0.486 e. The number of hydrogen-bond acceptors (Lipinski definition) is 13. The molecule has 1 amide bonds. The summed E-state index contributed by atoms with van der Waals surface area (Å²) in [6, 6.07) is 23.4. The van der Waals surface area contributed by atoms with E-state index in [1.807, 2.05) is 78.8 Å². The third kappa shape index (κ3) is 12.2. The number of amides is 1. The van der Waals surface area contributed by atoms with Gasteiger partial charge in [0.15, 0.2) is 23.0 Å². The number of piperidine rings is 2. The Morgan fingerprint density at radius 3 is 1.67 bits per heavy atom. The number of fused-ring (bicyclic) bond motifs is 4. The average Bonchev–Trinajstić information content (AvgIpc) is 3.37. The zero-order valence-electron chi connectivity index (χ0n) is 40.0. The quantitative estimate of drug-likeness (QED) is 0.142. The van der Waals surface area contributed by atoms with E-state index in [1.54, 1.807) is 41.5 Å². The first kappa shape index (κ1) is 47.6. The number of ether oxygens (including phenoxy) is 5. The lowest BCUT2D eigenvalue weighted by molar-refractivity contribution is 0.00562. The molecule has 8 heterocycles. The minimum Gasteiger partial charge on any atom is -0.486 e. The van der Waals surface area contributed by atoms with Gasteiger partial charge in [-0.25, -0.2) is 4.79 Å². The summed E-state index contributed by atoms with van der Waals surface area (Å²) in [5.41, 5.74) is 3.40. The van der Waals surface area contributed by atoms with Crippen molar-refractivity contribution in [1.82, 2.24) is 39.1 Å². The van der Waals surface area contributed by atoms with E-state index in [2.05, 4.69) is 37.2 Å². The van der Waals surface area contributed by atoms with Gasteiger partial charge in [-0.15, -0.1) is 0 Å². The Bertz CT molecular complexity index is 2830. The molecule has 1 N–H and O–H groups in total. The maximum atomic E-state index is 13.3. The van der Waals surface area contributed by atoms with Crippen molar-refractivity contribution in [2.75, 3.05) is 65.7 Å². The van der Waals surface area contributed by atoms with E-state index in [0.717, 1.165) is 116 Å². The van der Waals surface area contributed by atoms with Crippen molar-refractivity contribution in [3.8, 4) is 23.0 Å². The van der Waals surface area contributed by atoms with Gasteiger partial charge in [-0.2, -0.15) is 0 Å². The zero-order valence-corrected chi connectivity index (χ0v) is 40.0. The maximum absolute atomic E-state index is 13.3. The Kier molecular flexibility index (Phi) is 15.1. The molecule has 10 rings (SSSR count). The monoisotopic (exact) mass is 940 g/mol. The smallest absolute Gasteiger partial charge is 0.410 e. The van der Waals surface area contributed by atoms with Gasteiger partial charge in [0.25, 0.3) is 11.1 Å². The van der Waals surface area contributed by atoms with Gasteiger partial charge in [0.1, 0.15) is 32.0 Å². The molecule has 0 spiro atoms. The lowest BCUT2D eigenvalue weighted by Crippen LogP contribution is -2.49. The van der Waals surface area contributed by atoms with Crippen molar-refractivity contribution in [2.24, 2.45) is 0 Å². The molecule has 0 unspecified atom stereocenters. The van der Waals surface area contributed by atoms with Crippen LogP contribution in [-0.4, -0.2) is 123 Å². The van der Waals surface area contributed by atoms with E-state index in [-0.39, 0.29) is 23.3 Å². The molecule has 0 saturated carbocycles. The number of aromatic nitrogens is 4. The summed E-state index contributed by atoms with van der Waals surface area (Å²) in [6.07, 6.45) is 10.6. The van der Waals surface area contributed by atoms with Crippen molar-refractivity contribution >= 4 is 27.9 Å². The number of benzene rings is 2. The van der Waals surface area contributed by atoms with Crippen LogP contribution in [0.1, 0.15) is 57.6 Å². The normalized spacial score (nSPS) is 16.7. The Balaban J connectivity index is 0.000000175. The topological polar surface area (TPSA) is 155 Å². The molecule has 0 aliphatic carbocycles. The number of likely N-dealkylation sites (tertiary alicyclic amines) is 2. The Hall–Kier alpha value is -6.49. The van der Waals surface area contributed by atoms with Crippen LogP contribution in [0.15, 0.2) is 107 Å². The van der Waals surface area contributed by atoms with Gasteiger partial charge in [0.05, 0.1) is 23.4 Å². The summed E-state index contributed by atoms with van der Waals surface area (Å²) in [5.74, 6) is 3.13. The van der Waals surface area contributed by atoms with E-state index in [4.69, 9.17) is 23.7 Å². The molecule has 69 heavy (non-hydrogen) atoms. The number of pyridine rings is 4. The molecular formula is C53H64N8O8. The molecule has 16 nitrogen and oxygen atoms in total.